The molecule has 4 nitrogen and oxygen atoms in total. The molecule has 0 aliphatic rings. The lowest BCUT2D eigenvalue weighted by Crippen LogP contribution is -2.23. The fourth-order valence-corrected chi connectivity index (χ4v) is 1.84. The van der Waals surface area contributed by atoms with Crippen molar-refractivity contribution in [3.05, 3.63) is 60.2 Å². The Morgan fingerprint density at radius 3 is 2.10 bits per heavy atom. The van der Waals surface area contributed by atoms with Crippen LogP contribution in [0.5, 0.6) is 11.5 Å². The average molecular weight is 274 g/mol. The standard InChI is InChI=1S/C16H18O4/c1-19-11-15(17)16(18)12-7-9-14(10-8-12)20-13-5-3-2-4-6-13/h2-10,15-18H,11H2,1H3. The number of hydrogen-bond acceptors (Lipinski definition) is 4. The second kappa shape index (κ2) is 7.05. The van der Waals surface area contributed by atoms with E-state index < -0.39 is 12.2 Å². The molecule has 0 saturated heterocycles. The molecule has 0 saturated carbocycles. The minimum atomic E-state index is -0.972. The van der Waals surface area contributed by atoms with Crippen molar-refractivity contribution in [2.75, 3.05) is 13.7 Å². The highest BCUT2D eigenvalue weighted by molar-refractivity contribution is 5.33. The second-order valence-corrected chi connectivity index (χ2v) is 4.45. The van der Waals surface area contributed by atoms with Crippen molar-refractivity contribution in [1.82, 2.24) is 0 Å². The van der Waals surface area contributed by atoms with Crippen molar-refractivity contribution in [3.63, 3.8) is 0 Å². The summed E-state index contributed by atoms with van der Waals surface area (Å²) in [6, 6.07) is 16.4. The first kappa shape index (κ1) is 14.5. The van der Waals surface area contributed by atoms with Gasteiger partial charge in [-0.1, -0.05) is 30.3 Å². The third-order valence-electron chi connectivity index (χ3n) is 2.90. The normalized spacial score (nSPS) is 13.8. The molecule has 106 valence electrons. The lowest BCUT2D eigenvalue weighted by Gasteiger charge is -2.17. The summed E-state index contributed by atoms with van der Waals surface area (Å²) in [7, 11) is 1.48. The first-order valence-electron chi connectivity index (χ1n) is 6.38. The van der Waals surface area contributed by atoms with Crippen molar-refractivity contribution < 1.29 is 19.7 Å². The number of benzene rings is 2. The predicted octanol–water partition coefficient (Wildman–Crippen LogP) is 2.52. The van der Waals surface area contributed by atoms with Gasteiger partial charge in [0.2, 0.25) is 0 Å². The Balaban J connectivity index is 2.03. The molecule has 0 radical (unpaired) electrons. The molecule has 2 aromatic rings. The number of para-hydroxylation sites is 1. The highest BCUT2D eigenvalue weighted by Crippen LogP contribution is 2.24. The van der Waals surface area contributed by atoms with Gasteiger partial charge >= 0.3 is 0 Å². The highest BCUT2D eigenvalue weighted by Gasteiger charge is 2.17. The molecule has 0 bridgehead atoms. The topological polar surface area (TPSA) is 58.9 Å². The zero-order chi connectivity index (χ0) is 14.4. The van der Waals surface area contributed by atoms with E-state index in [0.717, 1.165) is 5.75 Å². The molecule has 2 atom stereocenters. The molecule has 2 N–H and O–H groups in total. The maximum Gasteiger partial charge on any atom is 0.127 e. The summed E-state index contributed by atoms with van der Waals surface area (Å²) in [5.74, 6) is 1.42. The summed E-state index contributed by atoms with van der Waals surface area (Å²) in [6.45, 7) is 0.0867. The quantitative estimate of drug-likeness (QED) is 0.849. The molecular weight excluding hydrogens is 256 g/mol. The third-order valence-corrected chi connectivity index (χ3v) is 2.90. The van der Waals surface area contributed by atoms with Gasteiger partial charge in [0.1, 0.15) is 23.7 Å². The number of hydrogen-bond donors (Lipinski definition) is 2. The van der Waals surface area contributed by atoms with Gasteiger partial charge in [-0.25, -0.2) is 0 Å². The molecule has 4 heteroatoms. The SMILES string of the molecule is COCC(O)C(O)c1ccc(Oc2ccccc2)cc1. The molecule has 0 amide bonds. The number of methoxy groups -OCH3 is 1. The molecule has 0 fully saturated rings. The lowest BCUT2D eigenvalue weighted by molar-refractivity contribution is -0.0273. The van der Waals surface area contributed by atoms with E-state index in [9.17, 15) is 10.2 Å². The Bertz CT molecular complexity index is 510. The Morgan fingerprint density at radius 1 is 0.900 bits per heavy atom. The molecule has 2 aromatic carbocycles. The lowest BCUT2D eigenvalue weighted by atomic mass is 10.0. The molecule has 20 heavy (non-hydrogen) atoms. The van der Waals surface area contributed by atoms with Gasteiger partial charge in [-0.05, 0) is 29.8 Å². The van der Waals surface area contributed by atoms with E-state index in [1.165, 1.54) is 7.11 Å². The van der Waals surface area contributed by atoms with Gasteiger partial charge in [0, 0.05) is 7.11 Å². The Hall–Kier alpha value is -1.88. The third kappa shape index (κ3) is 3.81. The molecule has 2 rings (SSSR count). The molecule has 0 aliphatic heterocycles. The summed E-state index contributed by atoms with van der Waals surface area (Å²) in [5.41, 5.74) is 0.620. The van der Waals surface area contributed by atoms with E-state index in [0.29, 0.717) is 11.3 Å². The van der Waals surface area contributed by atoms with E-state index in [2.05, 4.69) is 0 Å². The van der Waals surface area contributed by atoms with Gasteiger partial charge in [-0.3, -0.25) is 0 Å². The summed E-state index contributed by atoms with van der Waals surface area (Å²) in [6.07, 6.45) is -1.92. The highest BCUT2D eigenvalue weighted by atomic mass is 16.5. The van der Waals surface area contributed by atoms with Crippen LogP contribution in [0.2, 0.25) is 0 Å². The fourth-order valence-electron chi connectivity index (χ4n) is 1.84. The van der Waals surface area contributed by atoms with Gasteiger partial charge in [0.25, 0.3) is 0 Å². The van der Waals surface area contributed by atoms with Gasteiger partial charge in [-0.2, -0.15) is 0 Å². The van der Waals surface area contributed by atoms with E-state index in [1.54, 1.807) is 24.3 Å². The average Bonchev–Trinajstić information content (AvgIpc) is 2.48. The van der Waals surface area contributed by atoms with Crippen LogP contribution < -0.4 is 4.74 Å². The van der Waals surface area contributed by atoms with Crippen LogP contribution in [0, 0.1) is 0 Å². The van der Waals surface area contributed by atoms with Crippen LogP contribution in [0.15, 0.2) is 54.6 Å². The molecule has 0 aromatic heterocycles. The Labute approximate surface area is 118 Å². The summed E-state index contributed by atoms with van der Waals surface area (Å²) in [4.78, 5) is 0. The van der Waals surface area contributed by atoms with Crippen LogP contribution in [-0.2, 0) is 4.74 Å². The minimum absolute atomic E-state index is 0.0867. The minimum Gasteiger partial charge on any atom is -0.457 e. The maximum absolute atomic E-state index is 9.93. The van der Waals surface area contributed by atoms with Crippen molar-refractivity contribution in [1.29, 1.82) is 0 Å². The van der Waals surface area contributed by atoms with Crippen molar-refractivity contribution in [3.8, 4) is 11.5 Å². The van der Waals surface area contributed by atoms with Crippen LogP contribution in [0.1, 0.15) is 11.7 Å². The van der Waals surface area contributed by atoms with E-state index in [4.69, 9.17) is 9.47 Å². The molecule has 2 unspecified atom stereocenters. The van der Waals surface area contributed by atoms with E-state index >= 15 is 0 Å². The second-order valence-electron chi connectivity index (χ2n) is 4.45. The molecule has 0 aliphatic carbocycles. The monoisotopic (exact) mass is 274 g/mol. The zero-order valence-corrected chi connectivity index (χ0v) is 11.3. The number of aliphatic hydroxyl groups excluding tert-OH is 2. The fraction of sp³-hybridized carbons (Fsp3) is 0.250. The number of ether oxygens (including phenoxy) is 2. The van der Waals surface area contributed by atoms with E-state index in [-0.39, 0.29) is 6.61 Å². The number of rotatable bonds is 6. The van der Waals surface area contributed by atoms with Crippen LogP contribution in [-0.4, -0.2) is 30.0 Å². The molecular formula is C16H18O4. The first-order valence-corrected chi connectivity index (χ1v) is 6.38. The smallest absolute Gasteiger partial charge is 0.127 e. The van der Waals surface area contributed by atoms with Crippen LogP contribution in [0.25, 0.3) is 0 Å². The maximum atomic E-state index is 9.93. The Morgan fingerprint density at radius 2 is 1.50 bits per heavy atom. The van der Waals surface area contributed by atoms with Gasteiger partial charge in [-0.15, -0.1) is 0 Å². The molecule has 0 heterocycles. The summed E-state index contributed by atoms with van der Waals surface area (Å²) >= 11 is 0. The van der Waals surface area contributed by atoms with Crippen molar-refractivity contribution >= 4 is 0 Å². The predicted molar refractivity (Wildman–Crippen MR) is 75.8 cm³/mol. The Kier molecular flexibility index (Phi) is 5.12. The van der Waals surface area contributed by atoms with Crippen LogP contribution in [0.3, 0.4) is 0 Å². The van der Waals surface area contributed by atoms with Gasteiger partial charge < -0.3 is 19.7 Å². The van der Waals surface area contributed by atoms with Gasteiger partial charge in [0.15, 0.2) is 0 Å². The summed E-state index contributed by atoms with van der Waals surface area (Å²) in [5, 5.41) is 19.6. The van der Waals surface area contributed by atoms with Gasteiger partial charge in [0.05, 0.1) is 6.61 Å². The largest absolute Gasteiger partial charge is 0.457 e. The van der Waals surface area contributed by atoms with Crippen molar-refractivity contribution in [2.24, 2.45) is 0 Å². The number of aliphatic hydroxyl groups is 2. The van der Waals surface area contributed by atoms with Crippen LogP contribution in [0.4, 0.5) is 0 Å². The summed E-state index contributed by atoms with van der Waals surface area (Å²) < 4.78 is 10.5. The van der Waals surface area contributed by atoms with Crippen molar-refractivity contribution in [2.45, 2.75) is 12.2 Å². The van der Waals surface area contributed by atoms with E-state index in [1.807, 2.05) is 30.3 Å². The first-order chi connectivity index (χ1) is 9.70. The van der Waals surface area contributed by atoms with Crippen LogP contribution >= 0.6 is 0 Å². The molecule has 0 spiro atoms. The zero-order valence-electron chi connectivity index (χ0n) is 11.3.